The van der Waals surface area contributed by atoms with Gasteiger partial charge in [0.2, 0.25) is 5.91 Å². The maximum Gasteiger partial charge on any atom is 0.269 e. The number of fused-ring (bicyclic) bond motifs is 1. The largest absolute Gasteiger partial charge is 0.352 e. The van der Waals surface area contributed by atoms with Crippen molar-refractivity contribution in [2.24, 2.45) is 5.92 Å². The number of halogens is 1. The first-order valence-electron chi connectivity index (χ1n) is 7.96. The Balaban J connectivity index is 1.76. The van der Waals surface area contributed by atoms with Crippen molar-refractivity contribution >= 4 is 37.8 Å². The number of hydrogen-bond donors (Lipinski definition) is 1. The highest BCUT2D eigenvalue weighted by Gasteiger charge is 2.42. The fourth-order valence-corrected chi connectivity index (χ4v) is 5.38. The van der Waals surface area contributed by atoms with E-state index < -0.39 is 28.4 Å². The van der Waals surface area contributed by atoms with Crippen LogP contribution in [0.15, 0.2) is 27.6 Å². The van der Waals surface area contributed by atoms with Crippen LogP contribution < -0.4 is 5.32 Å². The number of carbonyl (C=O) groups excluding carboxylic acids is 2. The first kappa shape index (κ1) is 17.4. The number of amides is 2. The molecule has 1 heterocycles. The number of sulfonamides is 1. The van der Waals surface area contributed by atoms with E-state index in [0.717, 1.165) is 25.7 Å². The predicted octanol–water partition coefficient (Wildman–Crippen LogP) is 2.29. The number of hydrogen-bond acceptors (Lipinski definition) is 4. The number of carbonyl (C=O) groups is 2. The summed E-state index contributed by atoms with van der Waals surface area (Å²) in [6.07, 6.45) is 4.14. The summed E-state index contributed by atoms with van der Waals surface area (Å²) in [5.41, 5.74) is 0.108. The molecule has 0 bridgehead atoms. The van der Waals surface area contributed by atoms with Crippen LogP contribution >= 0.6 is 15.9 Å². The van der Waals surface area contributed by atoms with Gasteiger partial charge >= 0.3 is 0 Å². The van der Waals surface area contributed by atoms with Crippen LogP contribution in [0, 0.1) is 5.92 Å². The Bertz CT molecular complexity index is 793. The Hall–Kier alpha value is -1.41. The van der Waals surface area contributed by atoms with Crippen molar-refractivity contribution in [2.75, 3.05) is 6.54 Å². The van der Waals surface area contributed by atoms with Gasteiger partial charge in [-0.2, -0.15) is 0 Å². The van der Waals surface area contributed by atoms with Gasteiger partial charge in [0.1, 0.15) is 11.4 Å². The van der Waals surface area contributed by atoms with Crippen LogP contribution in [-0.2, 0) is 14.8 Å². The van der Waals surface area contributed by atoms with Crippen molar-refractivity contribution in [2.45, 2.75) is 43.5 Å². The molecule has 6 nitrogen and oxygen atoms in total. The molecule has 1 aliphatic carbocycles. The van der Waals surface area contributed by atoms with Crippen LogP contribution in [0.1, 0.15) is 43.0 Å². The third-order valence-electron chi connectivity index (χ3n) is 4.71. The molecule has 1 saturated carbocycles. The molecule has 2 aliphatic rings. The molecule has 1 aromatic rings. The van der Waals surface area contributed by atoms with Crippen LogP contribution in [0.3, 0.4) is 0 Å². The first-order chi connectivity index (χ1) is 11.3. The number of nitrogens with zero attached hydrogens (tertiary/aromatic N) is 1. The molecule has 1 aromatic carbocycles. The summed E-state index contributed by atoms with van der Waals surface area (Å²) in [5.74, 6) is -0.719. The fourth-order valence-electron chi connectivity index (χ4n) is 3.32. The van der Waals surface area contributed by atoms with Crippen molar-refractivity contribution < 1.29 is 18.0 Å². The maximum absolute atomic E-state index is 12.5. The summed E-state index contributed by atoms with van der Waals surface area (Å²) in [5, 5.41) is 2.89. The second kappa shape index (κ2) is 6.48. The summed E-state index contributed by atoms with van der Waals surface area (Å²) in [6, 6.07) is 4.51. The van der Waals surface area contributed by atoms with Crippen molar-refractivity contribution in [3.8, 4) is 0 Å². The summed E-state index contributed by atoms with van der Waals surface area (Å²) in [7, 11) is -3.97. The third-order valence-corrected chi connectivity index (χ3v) is 6.98. The van der Waals surface area contributed by atoms with E-state index in [4.69, 9.17) is 0 Å². The molecule has 3 rings (SSSR count). The molecule has 1 aliphatic heterocycles. The predicted molar refractivity (Wildman–Crippen MR) is 91.9 cm³/mol. The van der Waals surface area contributed by atoms with Gasteiger partial charge in [-0.15, -0.1) is 0 Å². The lowest BCUT2D eigenvalue weighted by atomic mass is 9.86. The standard InChI is InChI=1S/C16H19BrN2O4S/c1-10-4-2-3-5-13(10)18-15(20)9-19-16(21)12-7-6-11(17)8-14(12)24(19,22)23/h6-8,10,13H,2-5,9H2,1H3,(H,18,20). The lowest BCUT2D eigenvalue weighted by Gasteiger charge is -2.30. The Labute approximate surface area is 149 Å². The van der Waals surface area contributed by atoms with Crippen LogP contribution in [-0.4, -0.2) is 37.1 Å². The third kappa shape index (κ3) is 3.09. The minimum absolute atomic E-state index is 0.0446. The van der Waals surface area contributed by atoms with Crippen molar-refractivity contribution in [3.05, 3.63) is 28.2 Å². The summed E-state index contributed by atoms with van der Waals surface area (Å²) in [4.78, 5) is 24.6. The molecule has 0 spiro atoms. The average molecular weight is 415 g/mol. The smallest absolute Gasteiger partial charge is 0.269 e. The summed E-state index contributed by atoms with van der Waals surface area (Å²) < 4.78 is 26.3. The second-order valence-electron chi connectivity index (χ2n) is 6.39. The van der Waals surface area contributed by atoms with Gasteiger partial charge in [-0.3, -0.25) is 9.59 Å². The molecule has 2 atom stereocenters. The Morgan fingerprint density at radius 3 is 2.75 bits per heavy atom. The lowest BCUT2D eigenvalue weighted by molar-refractivity contribution is -0.122. The van der Waals surface area contributed by atoms with Gasteiger partial charge in [0.25, 0.3) is 15.9 Å². The van der Waals surface area contributed by atoms with E-state index in [-0.39, 0.29) is 16.5 Å². The topological polar surface area (TPSA) is 83.6 Å². The highest BCUT2D eigenvalue weighted by Crippen LogP contribution is 2.32. The van der Waals surface area contributed by atoms with Gasteiger partial charge in [0.05, 0.1) is 5.56 Å². The van der Waals surface area contributed by atoms with Gasteiger partial charge < -0.3 is 5.32 Å². The Morgan fingerprint density at radius 2 is 2.04 bits per heavy atom. The molecule has 2 unspecified atom stereocenters. The van der Waals surface area contributed by atoms with Crippen molar-refractivity contribution in [1.82, 2.24) is 9.62 Å². The van der Waals surface area contributed by atoms with E-state index in [1.807, 2.05) is 0 Å². The number of nitrogens with one attached hydrogen (secondary N) is 1. The molecule has 0 saturated heterocycles. The van der Waals surface area contributed by atoms with E-state index in [2.05, 4.69) is 28.2 Å². The van der Waals surface area contributed by atoms with Gasteiger partial charge in [-0.05, 0) is 37.0 Å². The molecule has 0 aromatic heterocycles. The summed E-state index contributed by atoms with van der Waals surface area (Å²) >= 11 is 3.21. The second-order valence-corrected chi connectivity index (χ2v) is 9.14. The molecule has 1 N–H and O–H groups in total. The zero-order valence-corrected chi connectivity index (χ0v) is 15.7. The average Bonchev–Trinajstić information content (AvgIpc) is 2.70. The zero-order valence-electron chi connectivity index (χ0n) is 13.3. The molecule has 8 heteroatoms. The number of rotatable bonds is 3. The normalized spacial score (nSPS) is 25.4. The highest BCUT2D eigenvalue weighted by atomic mass is 79.9. The quantitative estimate of drug-likeness (QED) is 0.821. The van der Waals surface area contributed by atoms with Gasteiger partial charge in [0, 0.05) is 10.5 Å². The molecule has 0 radical (unpaired) electrons. The molecule has 1 fully saturated rings. The number of benzene rings is 1. The van der Waals surface area contributed by atoms with E-state index in [1.54, 1.807) is 6.07 Å². The van der Waals surface area contributed by atoms with Crippen LogP contribution in [0.2, 0.25) is 0 Å². The van der Waals surface area contributed by atoms with E-state index in [9.17, 15) is 18.0 Å². The van der Waals surface area contributed by atoms with E-state index in [1.165, 1.54) is 12.1 Å². The molecule has 2 amide bonds. The minimum Gasteiger partial charge on any atom is -0.352 e. The molecular formula is C16H19BrN2O4S. The zero-order chi connectivity index (χ0) is 17.5. The van der Waals surface area contributed by atoms with Gasteiger partial charge in [-0.25, -0.2) is 12.7 Å². The van der Waals surface area contributed by atoms with Crippen LogP contribution in [0.25, 0.3) is 0 Å². The van der Waals surface area contributed by atoms with Gasteiger partial charge in [0.15, 0.2) is 0 Å². The lowest BCUT2D eigenvalue weighted by Crippen LogP contribution is -2.46. The molecular weight excluding hydrogens is 396 g/mol. The highest BCUT2D eigenvalue weighted by molar-refractivity contribution is 9.10. The SMILES string of the molecule is CC1CCCCC1NC(=O)CN1C(=O)c2ccc(Br)cc2S1(=O)=O. The molecule has 130 valence electrons. The van der Waals surface area contributed by atoms with Crippen LogP contribution in [0.4, 0.5) is 0 Å². The monoisotopic (exact) mass is 414 g/mol. The van der Waals surface area contributed by atoms with Crippen molar-refractivity contribution in [1.29, 1.82) is 0 Å². The summed E-state index contributed by atoms with van der Waals surface area (Å²) in [6.45, 7) is 1.60. The Kier molecular flexibility index (Phi) is 4.70. The van der Waals surface area contributed by atoms with Gasteiger partial charge in [-0.1, -0.05) is 35.7 Å². The minimum atomic E-state index is -3.97. The first-order valence-corrected chi connectivity index (χ1v) is 10.2. The van der Waals surface area contributed by atoms with E-state index in [0.29, 0.717) is 14.7 Å². The van der Waals surface area contributed by atoms with E-state index >= 15 is 0 Å². The Morgan fingerprint density at radius 1 is 1.33 bits per heavy atom. The van der Waals surface area contributed by atoms with Crippen LogP contribution in [0.5, 0.6) is 0 Å². The van der Waals surface area contributed by atoms with Crippen molar-refractivity contribution in [3.63, 3.8) is 0 Å². The fraction of sp³-hybridized carbons (Fsp3) is 0.500. The molecule has 24 heavy (non-hydrogen) atoms. The maximum atomic E-state index is 12.5.